The fourth-order valence-corrected chi connectivity index (χ4v) is 5.74. The average Bonchev–Trinajstić information content (AvgIpc) is 3.18. The van der Waals surface area contributed by atoms with E-state index < -0.39 is 6.10 Å². The van der Waals surface area contributed by atoms with Gasteiger partial charge in [-0.1, -0.05) is 91.6 Å². The van der Waals surface area contributed by atoms with Crippen molar-refractivity contribution in [2.24, 2.45) is 0 Å². The van der Waals surface area contributed by atoms with Gasteiger partial charge in [-0.3, -0.25) is 0 Å². The molecule has 0 saturated heterocycles. The second kappa shape index (κ2) is 10.2. The molecule has 0 radical (unpaired) electrons. The van der Waals surface area contributed by atoms with Crippen molar-refractivity contribution < 1.29 is 5.11 Å². The number of hydrogen-bond donors (Lipinski definition) is 2. The number of nitrogens with zero attached hydrogens (tertiary/aromatic N) is 1. The van der Waals surface area contributed by atoms with E-state index in [1.807, 2.05) is 0 Å². The van der Waals surface area contributed by atoms with E-state index in [1.165, 1.54) is 76.5 Å². The quantitative estimate of drug-likeness (QED) is 0.321. The Morgan fingerprint density at radius 2 is 1.53 bits per heavy atom. The Morgan fingerprint density at radius 1 is 0.882 bits per heavy atom. The first-order valence-electron chi connectivity index (χ1n) is 12.8. The van der Waals surface area contributed by atoms with Crippen LogP contribution in [-0.2, 0) is 6.54 Å². The van der Waals surface area contributed by atoms with E-state index in [0.29, 0.717) is 19.1 Å². The van der Waals surface area contributed by atoms with Crippen molar-refractivity contribution in [2.45, 2.75) is 64.6 Å². The van der Waals surface area contributed by atoms with E-state index >= 15 is 0 Å². The van der Waals surface area contributed by atoms with Crippen LogP contribution in [0.1, 0.15) is 43.2 Å². The molecule has 2 N–H and O–H groups in total. The summed E-state index contributed by atoms with van der Waals surface area (Å²) in [5.41, 5.74) is 8.57. The number of hydrogen-bond acceptors (Lipinski definition) is 2. The molecule has 1 saturated carbocycles. The second-order valence-corrected chi connectivity index (χ2v) is 9.94. The maximum Gasteiger partial charge on any atom is 0.0843 e. The van der Waals surface area contributed by atoms with Crippen LogP contribution in [0.5, 0.6) is 0 Å². The number of aryl methyl sites for hydroxylation is 2. The molecule has 5 rings (SSSR count). The van der Waals surface area contributed by atoms with Gasteiger partial charge in [0.2, 0.25) is 0 Å². The van der Waals surface area contributed by atoms with Crippen LogP contribution < -0.4 is 5.32 Å². The van der Waals surface area contributed by atoms with Crippen molar-refractivity contribution in [2.75, 3.05) is 6.54 Å². The summed E-state index contributed by atoms with van der Waals surface area (Å²) in [7, 11) is 0. The molecule has 1 aliphatic rings. The van der Waals surface area contributed by atoms with Crippen LogP contribution in [0.25, 0.3) is 33.3 Å². The van der Waals surface area contributed by atoms with Gasteiger partial charge in [0.15, 0.2) is 0 Å². The molecule has 34 heavy (non-hydrogen) atoms. The molecule has 0 aliphatic heterocycles. The monoisotopic (exact) mass is 452 g/mol. The highest BCUT2D eigenvalue weighted by Crippen LogP contribution is 2.42. The highest BCUT2D eigenvalue weighted by atomic mass is 16.3. The predicted octanol–water partition coefficient (Wildman–Crippen LogP) is 6.88. The number of aromatic nitrogens is 1. The van der Waals surface area contributed by atoms with Gasteiger partial charge in [0.05, 0.1) is 23.9 Å². The highest BCUT2D eigenvalue weighted by molar-refractivity contribution is 6.06. The van der Waals surface area contributed by atoms with Crippen molar-refractivity contribution in [3.63, 3.8) is 0 Å². The second-order valence-electron chi connectivity index (χ2n) is 9.94. The lowest BCUT2D eigenvalue weighted by atomic mass is 9.95. The molecule has 1 atom stereocenters. The summed E-state index contributed by atoms with van der Waals surface area (Å²) in [6.07, 6.45) is 5.94. The molecule has 3 aromatic carbocycles. The van der Waals surface area contributed by atoms with Crippen LogP contribution in [0.2, 0.25) is 0 Å². The summed E-state index contributed by atoms with van der Waals surface area (Å²) < 4.78 is 2.37. The van der Waals surface area contributed by atoms with Crippen LogP contribution in [0.4, 0.5) is 0 Å². The lowest BCUT2D eigenvalue weighted by molar-refractivity contribution is 0.146. The lowest BCUT2D eigenvalue weighted by Gasteiger charge is -2.25. The minimum atomic E-state index is -0.454. The normalized spacial score (nSPS) is 15.6. The first-order valence-corrected chi connectivity index (χ1v) is 12.8. The minimum absolute atomic E-state index is 0.454. The van der Waals surface area contributed by atoms with Crippen LogP contribution in [-0.4, -0.2) is 28.4 Å². The molecule has 3 nitrogen and oxygen atoms in total. The Hall–Kier alpha value is -2.88. The number of aliphatic hydroxyl groups excluding tert-OH is 1. The van der Waals surface area contributed by atoms with Crippen LogP contribution in [0, 0.1) is 13.8 Å². The molecule has 3 heteroatoms. The number of benzene rings is 3. The van der Waals surface area contributed by atoms with Crippen LogP contribution >= 0.6 is 0 Å². The van der Waals surface area contributed by atoms with E-state index in [0.717, 1.165) is 0 Å². The molecule has 1 aromatic heterocycles. The number of nitrogens with one attached hydrogen (secondary N) is 1. The fraction of sp³-hybridized carbons (Fsp3) is 0.355. The van der Waals surface area contributed by atoms with Crippen molar-refractivity contribution in [3.05, 3.63) is 83.9 Å². The zero-order valence-corrected chi connectivity index (χ0v) is 20.4. The first kappa shape index (κ1) is 22.9. The van der Waals surface area contributed by atoms with Crippen molar-refractivity contribution in [3.8, 4) is 22.4 Å². The van der Waals surface area contributed by atoms with Crippen molar-refractivity contribution in [1.82, 2.24) is 9.88 Å². The number of fused-ring (bicyclic) bond motifs is 1. The summed E-state index contributed by atoms with van der Waals surface area (Å²) in [5, 5.41) is 16.1. The van der Waals surface area contributed by atoms with Gasteiger partial charge >= 0.3 is 0 Å². The molecule has 1 fully saturated rings. The average molecular weight is 453 g/mol. The van der Waals surface area contributed by atoms with Crippen molar-refractivity contribution >= 4 is 10.9 Å². The SMILES string of the molecule is Cc1cc(C)c2c(c1)c(-c1ccccc1)c(-c1ccccc1)n2C[C@@H](O)CNC1CCCCC1. The maximum absolute atomic E-state index is 11.2. The molecular formula is C31H36N2O. The summed E-state index contributed by atoms with van der Waals surface area (Å²) in [5.74, 6) is 0. The van der Waals surface area contributed by atoms with Gasteiger partial charge < -0.3 is 15.0 Å². The number of rotatable bonds is 7. The Kier molecular flexibility index (Phi) is 6.85. The summed E-state index contributed by atoms with van der Waals surface area (Å²) in [6.45, 7) is 5.56. The van der Waals surface area contributed by atoms with E-state index in [4.69, 9.17) is 0 Å². The smallest absolute Gasteiger partial charge is 0.0843 e. The largest absolute Gasteiger partial charge is 0.390 e. The zero-order valence-electron chi connectivity index (χ0n) is 20.4. The molecule has 0 spiro atoms. The molecule has 1 heterocycles. The molecule has 0 bridgehead atoms. The molecule has 0 unspecified atom stereocenters. The summed E-state index contributed by atoms with van der Waals surface area (Å²) in [4.78, 5) is 0. The Balaban J connectivity index is 1.62. The fourth-order valence-electron chi connectivity index (χ4n) is 5.74. The van der Waals surface area contributed by atoms with E-state index in [1.54, 1.807) is 0 Å². The molecule has 0 amide bonds. The van der Waals surface area contributed by atoms with Gasteiger partial charge in [-0.2, -0.15) is 0 Å². The maximum atomic E-state index is 11.2. The van der Waals surface area contributed by atoms with Gasteiger partial charge in [0.25, 0.3) is 0 Å². The van der Waals surface area contributed by atoms with Crippen LogP contribution in [0.3, 0.4) is 0 Å². The third kappa shape index (κ3) is 4.68. The third-order valence-electron chi connectivity index (χ3n) is 7.24. The van der Waals surface area contributed by atoms with Gasteiger partial charge in [-0.05, 0) is 49.4 Å². The van der Waals surface area contributed by atoms with Crippen LogP contribution in [0.15, 0.2) is 72.8 Å². The minimum Gasteiger partial charge on any atom is -0.390 e. The summed E-state index contributed by atoms with van der Waals surface area (Å²) >= 11 is 0. The third-order valence-corrected chi connectivity index (χ3v) is 7.24. The molecular weight excluding hydrogens is 416 g/mol. The Morgan fingerprint density at radius 3 is 2.21 bits per heavy atom. The lowest BCUT2D eigenvalue weighted by Crippen LogP contribution is -2.38. The van der Waals surface area contributed by atoms with E-state index in [2.05, 4.69) is 96.5 Å². The predicted molar refractivity (Wildman–Crippen MR) is 143 cm³/mol. The molecule has 176 valence electrons. The number of aliphatic hydroxyl groups is 1. The van der Waals surface area contributed by atoms with E-state index in [-0.39, 0.29) is 0 Å². The van der Waals surface area contributed by atoms with Gasteiger partial charge in [-0.15, -0.1) is 0 Å². The summed E-state index contributed by atoms with van der Waals surface area (Å²) in [6, 6.07) is 26.4. The topological polar surface area (TPSA) is 37.2 Å². The Bertz CT molecular complexity index is 1240. The first-order chi connectivity index (χ1) is 16.6. The standard InChI is InChI=1S/C31H36N2O/c1-22-18-23(2)30-28(19-22)29(24-12-6-3-7-13-24)31(25-14-8-4-9-15-25)33(30)21-27(34)20-32-26-16-10-5-11-17-26/h3-4,6-9,12-15,18-19,26-27,32,34H,5,10-11,16-17,20-21H2,1-2H3/t27-/m0/s1. The Labute approximate surface area is 203 Å². The zero-order chi connectivity index (χ0) is 23.5. The van der Waals surface area contributed by atoms with E-state index in [9.17, 15) is 5.11 Å². The molecule has 4 aromatic rings. The van der Waals surface area contributed by atoms with Gasteiger partial charge in [0, 0.05) is 23.5 Å². The highest BCUT2D eigenvalue weighted by Gasteiger charge is 2.23. The van der Waals surface area contributed by atoms with Crippen molar-refractivity contribution in [1.29, 1.82) is 0 Å². The van der Waals surface area contributed by atoms with Gasteiger partial charge in [0.1, 0.15) is 0 Å². The van der Waals surface area contributed by atoms with Gasteiger partial charge in [-0.25, -0.2) is 0 Å². The molecule has 1 aliphatic carbocycles.